The Morgan fingerprint density at radius 1 is 1.18 bits per heavy atom. The number of halogens is 1. The van der Waals surface area contributed by atoms with Crippen molar-refractivity contribution in [2.24, 2.45) is 0 Å². The fraction of sp³-hybridized carbons (Fsp3) is 0.400. The van der Waals surface area contributed by atoms with Crippen molar-refractivity contribution in [3.63, 3.8) is 0 Å². The Labute approximate surface area is 166 Å². The lowest BCUT2D eigenvalue weighted by Gasteiger charge is -2.37. The Kier molecular flexibility index (Phi) is 5.18. The predicted molar refractivity (Wildman–Crippen MR) is 103 cm³/mol. The van der Waals surface area contributed by atoms with Crippen LogP contribution >= 0.6 is 11.3 Å². The number of carbonyl (C=O) groups is 2. The van der Waals surface area contributed by atoms with Crippen LogP contribution in [0.3, 0.4) is 0 Å². The molecule has 6 nitrogen and oxygen atoms in total. The molecule has 1 aromatic carbocycles. The van der Waals surface area contributed by atoms with Crippen LogP contribution < -0.4 is 5.32 Å². The maximum absolute atomic E-state index is 13.3. The molecule has 0 aliphatic carbocycles. The van der Waals surface area contributed by atoms with Gasteiger partial charge in [-0.15, -0.1) is 11.3 Å². The number of aryl methyl sites for hydroxylation is 1. The number of hydrogen-bond donors (Lipinski definition) is 1. The molecule has 148 valence electrons. The average molecular weight is 404 g/mol. The van der Waals surface area contributed by atoms with E-state index in [1.807, 2.05) is 6.92 Å². The van der Waals surface area contributed by atoms with Crippen molar-refractivity contribution in [1.29, 1.82) is 0 Å². The van der Waals surface area contributed by atoms with Gasteiger partial charge in [0.2, 0.25) is 0 Å². The summed E-state index contributed by atoms with van der Waals surface area (Å²) in [6.07, 6.45) is 1.32. The zero-order chi connectivity index (χ0) is 19.7. The summed E-state index contributed by atoms with van der Waals surface area (Å²) in [7, 11) is 0. The molecule has 0 atom stereocenters. The molecule has 2 aromatic rings. The lowest BCUT2D eigenvalue weighted by molar-refractivity contribution is -0.181. The number of amides is 2. The largest absolute Gasteiger partial charge is 0.347 e. The lowest BCUT2D eigenvalue weighted by atomic mass is 10.0. The molecule has 4 rings (SSSR count). The number of ether oxygens (including phenoxy) is 2. The molecule has 0 saturated carbocycles. The predicted octanol–water partition coefficient (Wildman–Crippen LogP) is 3.43. The van der Waals surface area contributed by atoms with Crippen molar-refractivity contribution in [3.8, 4) is 0 Å². The lowest BCUT2D eigenvalue weighted by Crippen LogP contribution is -2.47. The van der Waals surface area contributed by atoms with E-state index in [0.29, 0.717) is 49.0 Å². The number of hydrogen-bond acceptors (Lipinski definition) is 5. The van der Waals surface area contributed by atoms with E-state index in [9.17, 15) is 14.0 Å². The fourth-order valence-corrected chi connectivity index (χ4v) is 4.59. The van der Waals surface area contributed by atoms with Crippen LogP contribution in [0.1, 0.15) is 38.4 Å². The van der Waals surface area contributed by atoms with E-state index >= 15 is 0 Å². The van der Waals surface area contributed by atoms with Crippen molar-refractivity contribution in [1.82, 2.24) is 4.90 Å². The Morgan fingerprint density at radius 2 is 1.89 bits per heavy atom. The summed E-state index contributed by atoms with van der Waals surface area (Å²) < 4.78 is 24.7. The van der Waals surface area contributed by atoms with Crippen LogP contribution in [0.5, 0.6) is 0 Å². The molecule has 2 saturated heterocycles. The highest BCUT2D eigenvalue weighted by molar-refractivity contribution is 7.18. The van der Waals surface area contributed by atoms with E-state index in [1.165, 1.54) is 29.5 Å². The minimum absolute atomic E-state index is 0.0541. The van der Waals surface area contributed by atoms with E-state index < -0.39 is 17.5 Å². The zero-order valence-electron chi connectivity index (χ0n) is 15.5. The molecule has 3 heterocycles. The number of benzene rings is 1. The van der Waals surface area contributed by atoms with Crippen molar-refractivity contribution in [3.05, 3.63) is 52.2 Å². The van der Waals surface area contributed by atoms with Crippen LogP contribution in [0, 0.1) is 12.7 Å². The van der Waals surface area contributed by atoms with Crippen LogP contribution in [0.25, 0.3) is 0 Å². The molecular weight excluding hydrogens is 383 g/mol. The standard InChI is InChI=1S/C20H21FN2O4S/c1-13-11-16(22-18(24)14-3-2-4-15(21)12-14)28-17(13)19(25)23-7-5-20(6-8-23)26-9-10-27-20/h2-4,11-12H,5-10H2,1H3,(H,22,24). The van der Waals surface area contributed by atoms with Crippen LogP contribution in [-0.2, 0) is 9.47 Å². The number of carbonyl (C=O) groups excluding carboxylic acids is 2. The SMILES string of the molecule is Cc1cc(NC(=O)c2cccc(F)c2)sc1C(=O)N1CCC2(CC1)OCCO2. The van der Waals surface area contributed by atoms with Gasteiger partial charge in [-0.2, -0.15) is 0 Å². The summed E-state index contributed by atoms with van der Waals surface area (Å²) in [6, 6.07) is 7.26. The number of nitrogens with one attached hydrogen (secondary N) is 1. The van der Waals surface area contributed by atoms with E-state index in [0.717, 1.165) is 5.56 Å². The Balaban J connectivity index is 1.42. The molecule has 0 bridgehead atoms. The van der Waals surface area contributed by atoms with Gasteiger partial charge in [0.25, 0.3) is 11.8 Å². The number of nitrogens with zero attached hydrogens (tertiary/aromatic N) is 1. The molecule has 1 N–H and O–H groups in total. The second-order valence-electron chi connectivity index (χ2n) is 6.99. The number of likely N-dealkylation sites (tertiary alicyclic amines) is 1. The average Bonchev–Trinajstić information content (AvgIpc) is 3.28. The zero-order valence-corrected chi connectivity index (χ0v) is 16.3. The van der Waals surface area contributed by atoms with Gasteiger partial charge in [0.05, 0.1) is 23.1 Å². The molecule has 0 unspecified atom stereocenters. The molecule has 28 heavy (non-hydrogen) atoms. The summed E-state index contributed by atoms with van der Waals surface area (Å²) in [5.41, 5.74) is 1.04. The van der Waals surface area contributed by atoms with E-state index in [4.69, 9.17) is 9.47 Å². The van der Waals surface area contributed by atoms with E-state index in [-0.39, 0.29) is 11.5 Å². The highest BCUT2D eigenvalue weighted by atomic mass is 32.1. The number of rotatable bonds is 3. The molecule has 2 amide bonds. The second kappa shape index (κ2) is 7.62. The third-order valence-corrected chi connectivity index (χ3v) is 6.20. The Morgan fingerprint density at radius 3 is 2.57 bits per heavy atom. The molecule has 2 aliphatic heterocycles. The summed E-state index contributed by atoms with van der Waals surface area (Å²) in [4.78, 5) is 27.6. The van der Waals surface area contributed by atoms with Crippen LogP contribution in [0.2, 0.25) is 0 Å². The number of piperidine rings is 1. The highest BCUT2D eigenvalue weighted by Gasteiger charge is 2.41. The topological polar surface area (TPSA) is 67.9 Å². The first-order valence-electron chi connectivity index (χ1n) is 9.20. The monoisotopic (exact) mass is 404 g/mol. The summed E-state index contributed by atoms with van der Waals surface area (Å²) in [6.45, 7) is 4.19. The molecule has 1 spiro atoms. The molecule has 2 fully saturated rings. The quantitative estimate of drug-likeness (QED) is 0.851. The van der Waals surface area contributed by atoms with Gasteiger partial charge in [-0.1, -0.05) is 6.07 Å². The maximum atomic E-state index is 13.3. The summed E-state index contributed by atoms with van der Waals surface area (Å²) >= 11 is 1.23. The summed E-state index contributed by atoms with van der Waals surface area (Å²) in [5.74, 6) is -1.45. The fourth-order valence-electron chi connectivity index (χ4n) is 3.55. The third kappa shape index (κ3) is 3.80. The van der Waals surface area contributed by atoms with Crippen LogP contribution in [-0.4, -0.2) is 48.8 Å². The van der Waals surface area contributed by atoms with Gasteiger partial charge in [0.1, 0.15) is 5.82 Å². The molecule has 8 heteroatoms. The number of thiophene rings is 1. The van der Waals surface area contributed by atoms with Crippen molar-refractivity contribution in [2.45, 2.75) is 25.6 Å². The minimum Gasteiger partial charge on any atom is -0.347 e. The highest BCUT2D eigenvalue weighted by Crippen LogP contribution is 2.34. The molecule has 1 aromatic heterocycles. The second-order valence-corrected chi connectivity index (χ2v) is 8.04. The van der Waals surface area contributed by atoms with Gasteiger partial charge in [-0.25, -0.2) is 4.39 Å². The van der Waals surface area contributed by atoms with Gasteiger partial charge < -0.3 is 19.7 Å². The third-order valence-electron chi connectivity index (χ3n) is 5.06. The van der Waals surface area contributed by atoms with E-state index in [1.54, 1.807) is 17.0 Å². The molecule has 2 aliphatic rings. The Hall–Kier alpha value is -2.29. The first-order valence-corrected chi connectivity index (χ1v) is 10.0. The molecule has 0 radical (unpaired) electrons. The Bertz CT molecular complexity index is 897. The van der Waals surface area contributed by atoms with Crippen molar-refractivity contribution >= 4 is 28.2 Å². The van der Waals surface area contributed by atoms with Gasteiger partial charge in [-0.05, 0) is 36.8 Å². The van der Waals surface area contributed by atoms with Crippen LogP contribution in [0.15, 0.2) is 30.3 Å². The maximum Gasteiger partial charge on any atom is 0.264 e. The normalized spacial score (nSPS) is 18.4. The van der Waals surface area contributed by atoms with Gasteiger partial charge in [0, 0.05) is 31.5 Å². The molecular formula is C20H21FN2O4S. The van der Waals surface area contributed by atoms with Crippen molar-refractivity contribution in [2.75, 3.05) is 31.6 Å². The van der Waals surface area contributed by atoms with Crippen molar-refractivity contribution < 1.29 is 23.5 Å². The summed E-state index contributed by atoms with van der Waals surface area (Å²) in [5, 5.41) is 3.31. The minimum atomic E-state index is -0.522. The van der Waals surface area contributed by atoms with Gasteiger partial charge in [0.15, 0.2) is 5.79 Å². The number of anilines is 1. The van der Waals surface area contributed by atoms with Gasteiger partial charge >= 0.3 is 0 Å². The first-order chi connectivity index (χ1) is 13.5. The van der Waals surface area contributed by atoms with E-state index in [2.05, 4.69) is 5.32 Å². The van der Waals surface area contributed by atoms with Gasteiger partial charge in [-0.3, -0.25) is 9.59 Å². The van der Waals surface area contributed by atoms with Crippen LogP contribution in [0.4, 0.5) is 9.39 Å². The smallest absolute Gasteiger partial charge is 0.264 e. The first kappa shape index (κ1) is 19.0.